The molecule has 0 saturated carbocycles. The van der Waals surface area contributed by atoms with Gasteiger partial charge in [-0.25, -0.2) is 12.7 Å². The predicted octanol–water partition coefficient (Wildman–Crippen LogP) is 3.84. The molecule has 1 aromatic heterocycles. The van der Waals surface area contributed by atoms with Gasteiger partial charge in [0, 0.05) is 31.3 Å². The summed E-state index contributed by atoms with van der Waals surface area (Å²) in [6.07, 6.45) is 0.322. The molecular weight excluding hydrogens is 404 g/mol. The number of benzene rings is 2. The summed E-state index contributed by atoms with van der Waals surface area (Å²) in [4.78, 5) is 13.5. The van der Waals surface area contributed by atoms with E-state index in [0.717, 1.165) is 16.0 Å². The van der Waals surface area contributed by atoms with Crippen molar-refractivity contribution in [1.82, 2.24) is 9.62 Å². The van der Waals surface area contributed by atoms with Gasteiger partial charge in [0.25, 0.3) is 10.0 Å². The molecule has 1 heterocycles. The highest BCUT2D eigenvalue weighted by Gasteiger charge is 2.21. The molecule has 0 fully saturated rings. The summed E-state index contributed by atoms with van der Waals surface area (Å²) in [6.45, 7) is 0.308. The fourth-order valence-corrected chi connectivity index (χ4v) is 5.48. The molecule has 0 spiro atoms. The van der Waals surface area contributed by atoms with Crippen LogP contribution in [0.25, 0.3) is 0 Å². The molecule has 152 valence electrons. The summed E-state index contributed by atoms with van der Waals surface area (Å²) >= 11 is 1.18. The summed E-state index contributed by atoms with van der Waals surface area (Å²) in [7, 11) is -0.439. The average molecular weight is 429 g/mol. The number of nitrogens with zero attached hydrogens (tertiary/aromatic N) is 1. The number of amides is 1. The molecule has 0 saturated heterocycles. The first-order valence-corrected chi connectivity index (χ1v) is 11.5. The summed E-state index contributed by atoms with van der Waals surface area (Å²) in [6, 6.07) is 23.3. The molecule has 0 aliphatic rings. The molecule has 0 aliphatic carbocycles. The van der Waals surface area contributed by atoms with E-state index in [9.17, 15) is 13.2 Å². The minimum absolute atomic E-state index is 0.0367. The van der Waals surface area contributed by atoms with Crippen LogP contribution >= 0.6 is 11.3 Å². The molecule has 1 N–H and O–H groups in total. The Balaban J connectivity index is 1.68. The Bertz CT molecular complexity index is 1010. The minimum Gasteiger partial charge on any atom is -0.351 e. The van der Waals surface area contributed by atoms with Gasteiger partial charge in [0.15, 0.2) is 0 Å². The van der Waals surface area contributed by atoms with Gasteiger partial charge in [0.1, 0.15) is 4.21 Å². The van der Waals surface area contributed by atoms with Gasteiger partial charge in [0.2, 0.25) is 5.91 Å². The van der Waals surface area contributed by atoms with Crippen LogP contribution < -0.4 is 5.32 Å². The lowest BCUT2D eigenvalue weighted by Crippen LogP contribution is -2.24. The molecule has 0 atom stereocenters. The zero-order chi connectivity index (χ0) is 20.9. The van der Waals surface area contributed by atoms with Crippen LogP contribution in [0.5, 0.6) is 0 Å². The maximum absolute atomic E-state index is 12.7. The molecular formula is C22H24N2O3S2. The Morgan fingerprint density at radius 1 is 0.931 bits per heavy atom. The Labute approximate surface area is 176 Å². The van der Waals surface area contributed by atoms with Gasteiger partial charge in [-0.3, -0.25) is 4.79 Å². The van der Waals surface area contributed by atoms with Crippen molar-refractivity contribution in [2.75, 3.05) is 14.1 Å². The summed E-state index contributed by atoms with van der Waals surface area (Å²) in [5.41, 5.74) is 2.17. The molecule has 0 bridgehead atoms. The standard InChI is InChI=1S/C22H24N2O3S2/c1-24(2)29(26,27)22-14-13-19(28-22)16-23-21(25)15-20(17-9-5-3-6-10-17)18-11-7-4-8-12-18/h3-14,20H,15-16H2,1-2H3,(H,23,25). The van der Waals surface area contributed by atoms with Gasteiger partial charge >= 0.3 is 0 Å². The van der Waals surface area contributed by atoms with Gasteiger partial charge in [-0.1, -0.05) is 60.7 Å². The highest BCUT2D eigenvalue weighted by Crippen LogP contribution is 2.28. The maximum atomic E-state index is 12.7. The lowest BCUT2D eigenvalue weighted by atomic mass is 9.88. The first kappa shape index (κ1) is 21.2. The molecule has 3 aromatic rings. The molecule has 0 radical (unpaired) electrons. The van der Waals surface area contributed by atoms with Crippen LogP contribution in [0.15, 0.2) is 77.0 Å². The Kier molecular flexibility index (Phi) is 6.84. The van der Waals surface area contributed by atoms with Crippen molar-refractivity contribution >= 4 is 27.3 Å². The fraction of sp³-hybridized carbons (Fsp3) is 0.227. The van der Waals surface area contributed by atoms with Crippen LogP contribution in [-0.4, -0.2) is 32.7 Å². The van der Waals surface area contributed by atoms with Gasteiger partial charge in [-0.2, -0.15) is 0 Å². The van der Waals surface area contributed by atoms with E-state index in [1.807, 2.05) is 60.7 Å². The summed E-state index contributed by atoms with van der Waals surface area (Å²) < 4.78 is 25.8. The van der Waals surface area contributed by atoms with Crippen molar-refractivity contribution in [2.45, 2.75) is 23.1 Å². The number of rotatable bonds is 8. The third kappa shape index (κ3) is 5.32. The third-order valence-electron chi connectivity index (χ3n) is 4.63. The molecule has 0 aliphatic heterocycles. The van der Waals surface area contributed by atoms with Crippen LogP contribution in [0.2, 0.25) is 0 Å². The highest BCUT2D eigenvalue weighted by atomic mass is 32.2. The quantitative estimate of drug-likeness (QED) is 0.593. The van der Waals surface area contributed by atoms with Crippen molar-refractivity contribution in [3.63, 3.8) is 0 Å². The zero-order valence-electron chi connectivity index (χ0n) is 16.4. The second kappa shape index (κ2) is 9.35. The number of carbonyl (C=O) groups excluding carboxylic acids is 1. The van der Waals surface area contributed by atoms with E-state index in [1.54, 1.807) is 12.1 Å². The van der Waals surface area contributed by atoms with Crippen molar-refractivity contribution in [2.24, 2.45) is 0 Å². The molecule has 7 heteroatoms. The van der Waals surface area contributed by atoms with Gasteiger partial charge in [-0.15, -0.1) is 11.3 Å². The molecule has 1 amide bonds. The Morgan fingerprint density at radius 2 is 1.48 bits per heavy atom. The molecule has 5 nitrogen and oxygen atoms in total. The van der Waals surface area contributed by atoms with Crippen molar-refractivity contribution in [1.29, 1.82) is 0 Å². The maximum Gasteiger partial charge on any atom is 0.252 e. The van der Waals surface area contributed by atoms with Crippen molar-refractivity contribution in [3.8, 4) is 0 Å². The van der Waals surface area contributed by atoms with Crippen LogP contribution in [0, 0.1) is 0 Å². The van der Waals surface area contributed by atoms with E-state index in [2.05, 4.69) is 5.32 Å². The molecule has 0 unspecified atom stereocenters. The highest BCUT2D eigenvalue weighted by molar-refractivity contribution is 7.91. The number of hydrogen-bond donors (Lipinski definition) is 1. The van der Waals surface area contributed by atoms with Gasteiger partial charge in [0.05, 0.1) is 6.54 Å². The Morgan fingerprint density at radius 3 is 2.00 bits per heavy atom. The average Bonchev–Trinajstić information content (AvgIpc) is 3.21. The van der Waals surface area contributed by atoms with Gasteiger partial charge < -0.3 is 5.32 Å². The summed E-state index contributed by atoms with van der Waals surface area (Å²) in [5, 5.41) is 2.93. The minimum atomic E-state index is -3.45. The Hall–Kier alpha value is -2.48. The number of nitrogens with one attached hydrogen (secondary N) is 1. The van der Waals surface area contributed by atoms with Crippen LogP contribution in [0.3, 0.4) is 0 Å². The number of carbonyl (C=O) groups is 1. The second-order valence-corrected chi connectivity index (χ2v) is 10.4. The van der Waals surface area contributed by atoms with Crippen molar-refractivity contribution < 1.29 is 13.2 Å². The van der Waals surface area contributed by atoms with Crippen LogP contribution in [0.1, 0.15) is 28.3 Å². The first-order valence-electron chi connectivity index (χ1n) is 9.26. The van der Waals surface area contributed by atoms with E-state index >= 15 is 0 Å². The fourth-order valence-electron chi connectivity index (χ4n) is 3.01. The molecule has 3 rings (SSSR count). The van der Waals surface area contributed by atoms with Crippen LogP contribution in [0.4, 0.5) is 0 Å². The van der Waals surface area contributed by atoms with E-state index in [4.69, 9.17) is 0 Å². The lowest BCUT2D eigenvalue weighted by Gasteiger charge is -2.17. The van der Waals surface area contributed by atoms with E-state index in [1.165, 1.54) is 29.7 Å². The van der Waals surface area contributed by atoms with E-state index in [0.29, 0.717) is 13.0 Å². The third-order valence-corrected chi connectivity index (χ3v) is 7.99. The smallest absolute Gasteiger partial charge is 0.252 e. The topological polar surface area (TPSA) is 66.5 Å². The molecule has 2 aromatic carbocycles. The monoisotopic (exact) mass is 428 g/mol. The number of sulfonamides is 1. The van der Waals surface area contributed by atoms with E-state index < -0.39 is 10.0 Å². The normalized spacial score (nSPS) is 11.7. The number of hydrogen-bond acceptors (Lipinski definition) is 4. The number of thiophene rings is 1. The first-order chi connectivity index (χ1) is 13.9. The SMILES string of the molecule is CN(C)S(=O)(=O)c1ccc(CNC(=O)CC(c2ccccc2)c2ccccc2)s1. The molecule has 29 heavy (non-hydrogen) atoms. The van der Waals surface area contributed by atoms with Crippen LogP contribution in [-0.2, 0) is 21.4 Å². The van der Waals surface area contributed by atoms with Crippen molar-refractivity contribution in [3.05, 3.63) is 88.8 Å². The predicted molar refractivity (Wildman–Crippen MR) is 116 cm³/mol. The van der Waals surface area contributed by atoms with E-state index in [-0.39, 0.29) is 16.0 Å². The lowest BCUT2D eigenvalue weighted by molar-refractivity contribution is -0.121. The van der Waals surface area contributed by atoms with Gasteiger partial charge in [-0.05, 0) is 23.3 Å². The second-order valence-electron chi connectivity index (χ2n) is 6.86. The summed E-state index contributed by atoms with van der Waals surface area (Å²) in [5.74, 6) is -0.112. The zero-order valence-corrected chi connectivity index (χ0v) is 18.0. The largest absolute Gasteiger partial charge is 0.351 e.